The van der Waals surface area contributed by atoms with Crippen LogP contribution in [0.2, 0.25) is 0 Å². The largest absolute Gasteiger partial charge is 2.00 e. The van der Waals surface area contributed by atoms with E-state index in [9.17, 15) is 0 Å². The second-order valence-corrected chi connectivity index (χ2v) is 17.9. The molecule has 0 spiro atoms. The molecule has 5 aromatic carbocycles. The second-order valence-electron chi connectivity index (χ2n) is 17.9. The van der Waals surface area contributed by atoms with Crippen molar-refractivity contribution in [3.8, 4) is 11.5 Å². The summed E-state index contributed by atoms with van der Waals surface area (Å²) in [5.74, 6) is 2.63. The van der Waals surface area contributed by atoms with E-state index in [1.807, 2.05) is 30.5 Å². The third kappa shape index (κ3) is 7.72. The van der Waals surface area contributed by atoms with Crippen molar-refractivity contribution >= 4 is 23.1 Å². The van der Waals surface area contributed by atoms with Crippen LogP contribution in [0.15, 0.2) is 120 Å². The Bertz CT molecular complexity index is 2460. The summed E-state index contributed by atoms with van der Waals surface area (Å²) in [6.45, 7) is 22.2. The molecule has 5 nitrogen and oxygen atoms in total. The van der Waals surface area contributed by atoms with Gasteiger partial charge in [0.1, 0.15) is 23.9 Å². The van der Waals surface area contributed by atoms with Gasteiger partial charge < -0.3 is 14.4 Å². The molecule has 0 saturated heterocycles. The summed E-state index contributed by atoms with van der Waals surface area (Å²) in [5.41, 5.74) is 11.4. The van der Waals surface area contributed by atoms with E-state index in [-0.39, 0.29) is 49.5 Å². The van der Waals surface area contributed by atoms with Crippen molar-refractivity contribution in [3.63, 3.8) is 0 Å². The number of hydrogen-bond donors (Lipinski definition) is 0. The Morgan fingerprint density at radius 2 is 1.39 bits per heavy atom. The van der Waals surface area contributed by atoms with Crippen molar-refractivity contribution < 1.29 is 30.5 Å². The van der Waals surface area contributed by atoms with E-state index in [4.69, 9.17) is 19.5 Å². The van der Waals surface area contributed by atoms with Crippen LogP contribution >= 0.6 is 0 Å². The Labute approximate surface area is 353 Å². The Hall–Kier alpha value is -4.99. The van der Waals surface area contributed by atoms with E-state index in [0.717, 1.165) is 45.0 Å². The first-order valence-corrected chi connectivity index (χ1v) is 19.6. The molecule has 0 fully saturated rings. The van der Waals surface area contributed by atoms with Crippen molar-refractivity contribution in [2.24, 2.45) is 4.99 Å². The van der Waals surface area contributed by atoms with Crippen molar-refractivity contribution in [1.82, 2.24) is 4.98 Å². The molecule has 0 saturated carbocycles. The van der Waals surface area contributed by atoms with Gasteiger partial charge in [-0.2, -0.15) is 6.07 Å². The van der Waals surface area contributed by atoms with Gasteiger partial charge in [0, 0.05) is 23.4 Å². The minimum atomic E-state index is -0.289. The summed E-state index contributed by atoms with van der Waals surface area (Å²) >= 11 is 0. The molecule has 0 unspecified atom stereocenters. The van der Waals surface area contributed by atoms with E-state index in [2.05, 4.69) is 171 Å². The summed E-state index contributed by atoms with van der Waals surface area (Å²) in [5, 5.41) is 0. The average Bonchev–Trinajstić information content (AvgIpc) is 3.62. The number of hydrogen-bond acceptors (Lipinski definition) is 5. The van der Waals surface area contributed by atoms with Gasteiger partial charge in [0.25, 0.3) is 0 Å². The number of aromatic nitrogens is 1. The Morgan fingerprint density at radius 1 is 0.719 bits per heavy atom. The molecule has 292 valence electrons. The molecular weight excluding hydrogens is 882 g/mol. The maximum absolute atomic E-state index is 6.90. The number of benzene rings is 5. The van der Waals surface area contributed by atoms with E-state index in [1.165, 1.54) is 22.3 Å². The first-order chi connectivity index (χ1) is 26.6. The Morgan fingerprint density at radius 3 is 2.05 bits per heavy atom. The maximum Gasteiger partial charge on any atom is 2.00 e. The number of aryl methyl sites for hydroxylation is 2. The van der Waals surface area contributed by atoms with Crippen molar-refractivity contribution in [3.05, 3.63) is 178 Å². The van der Waals surface area contributed by atoms with Crippen molar-refractivity contribution in [2.45, 2.75) is 97.6 Å². The summed E-state index contributed by atoms with van der Waals surface area (Å²) in [4.78, 5) is 12.4. The SMILES string of the molecule is Cc1ccc2c(c1)C(C)(C)c1cc(C)c(Oc3[c-]c(C4=N[C@H](c5ccccc5)[C@@H](c5ccccc5)O4)cc(C(C)(C)C)c3)[c-]c1N2c1cc(C(C)(C)C)ccn1.[Pt+2]. The van der Waals surface area contributed by atoms with Gasteiger partial charge in [0.15, 0.2) is 0 Å². The molecule has 0 radical (unpaired) electrons. The van der Waals surface area contributed by atoms with E-state index < -0.39 is 0 Å². The predicted molar refractivity (Wildman–Crippen MR) is 228 cm³/mol. The summed E-state index contributed by atoms with van der Waals surface area (Å²) < 4.78 is 13.7. The number of rotatable bonds is 6. The van der Waals surface area contributed by atoms with Crippen LogP contribution in [0.4, 0.5) is 17.2 Å². The predicted octanol–water partition coefficient (Wildman–Crippen LogP) is 13.1. The maximum atomic E-state index is 6.90. The van der Waals surface area contributed by atoms with Gasteiger partial charge in [-0.05, 0) is 63.6 Å². The molecule has 1 aromatic heterocycles. The third-order valence-electron chi connectivity index (χ3n) is 11.2. The number of anilines is 3. The minimum absolute atomic E-state index is 0. The molecule has 2 aliphatic rings. The van der Waals surface area contributed by atoms with Crippen LogP contribution < -0.4 is 9.64 Å². The number of pyridine rings is 1. The molecule has 57 heavy (non-hydrogen) atoms. The average molecular weight is 933 g/mol. The fourth-order valence-electron chi connectivity index (χ4n) is 7.83. The van der Waals surface area contributed by atoms with Crippen LogP contribution in [0.5, 0.6) is 11.5 Å². The molecule has 2 atom stereocenters. The summed E-state index contributed by atoms with van der Waals surface area (Å²) in [6.07, 6.45) is 1.65. The topological polar surface area (TPSA) is 47.0 Å². The van der Waals surface area contributed by atoms with Crippen molar-refractivity contribution in [2.75, 3.05) is 4.90 Å². The number of aliphatic imine (C=N–C) groups is 1. The zero-order valence-electron chi connectivity index (χ0n) is 34.6. The van der Waals surface area contributed by atoms with Crippen LogP contribution in [-0.2, 0) is 42.0 Å². The molecule has 2 aliphatic heterocycles. The van der Waals surface area contributed by atoms with Crippen LogP contribution in [0.1, 0.15) is 118 Å². The fraction of sp³-hybridized carbons (Fsp3) is 0.294. The molecule has 0 amide bonds. The molecule has 8 rings (SSSR count). The Balaban J connectivity index is 0.00000496. The Kier molecular flexibility index (Phi) is 10.6. The molecule has 0 aliphatic carbocycles. The van der Waals surface area contributed by atoms with Crippen LogP contribution in [0.3, 0.4) is 0 Å². The minimum Gasteiger partial charge on any atom is -0.510 e. The van der Waals surface area contributed by atoms with Gasteiger partial charge in [-0.15, -0.1) is 28.8 Å². The molecule has 3 heterocycles. The van der Waals surface area contributed by atoms with Gasteiger partial charge in [0.2, 0.25) is 0 Å². The zero-order valence-corrected chi connectivity index (χ0v) is 36.9. The first-order valence-electron chi connectivity index (χ1n) is 19.6. The number of ether oxygens (including phenoxy) is 2. The van der Waals surface area contributed by atoms with Crippen LogP contribution in [0, 0.1) is 26.0 Å². The quantitative estimate of drug-likeness (QED) is 0.156. The van der Waals surface area contributed by atoms with Gasteiger partial charge in [-0.25, -0.2) is 4.98 Å². The molecule has 0 N–H and O–H groups in total. The summed E-state index contributed by atoms with van der Waals surface area (Å²) in [6, 6.07) is 45.4. The molecule has 6 aromatic rings. The fourth-order valence-corrected chi connectivity index (χ4v) is 7.83. The summed E-state index contributed by atoms with van der Waals surface area (Å²) in [7, 11) is 0. The number of nitrogens with zero attached hydrogens (tertiary/aromatic N) is 3. The van der Waals surface area contributed by atoms with Crippen molar-refractivity contribution in [1.29, 1.82) is 0 Å². The molecular formula is C51H51N3O2Pt. The van der Waals surface area contributed by atoms with E-state index in [0.29, 0.717) is 17.4 Å². The van der Waals surface area contributed by atoms with Gasteiger partial charge in [0.05, 0.1) is 0 Å². The second kappa shape index (κ2) is 15.1. The molecule has 6 heteroatoms. The monoisotopic (exact) mass is 932 g/mol. The number of fused-ring (bicyclic) bond motifs is 2. The molecule has 0 bridgehead atoms. The smallest absolute Gasteiger partial charge is 0.510 e. The first kappa shape index (κ1) is 40.2. The zero-order chi connectivity index (χ0) is 39.6. The normalized spacial score (nSPS) is 17.2. The van der Waals surface area contributed by atoms with Gasteiger partial charge in [-0.3, -0.25) is 4.99 Å². The third-order valence-corrected chi connectivity index (χ3v) is 11.2. The van der Waals surface area contributed by atoms with E-state index >= 15 is 0 Å². The van der Waals surface area contributed by atoms with E-state index in [1.54, 1.807) is 0 Å². The standard InChI is InChI=1S/C51H51N3O2.Pt/c1-32-21-22-42-40(25-32)51(9,10)41-26-33(2)44(31-43(41)54(42)45-30-37(23-24-52-45)49(3,4)5)55-39-28-36(27-38(29-39)50(6,7)8)48-53-46(34-17-13-11-14-18-34)47(56-48)35-19-15-12-16-20-35;/h11-27,29-30,46-47H,1-10H3;/q-2;+2/t46-,47-;/m1./s1. The van der Waals surface area contributed by atoms with Crippen LogP contribution in [-0.4, -0.2) is 10.9 Å². The van der Waals surface area contributed by atoms with Gasteiger partial charge in [-0.1, -0.05) is 164 Å². The van der Waals surface area contributed by atoms with Gasteiger partial charge >= 0.3 is 21.1 Å². The van der Waals surface area contributed by atoms with Crippen LogP contribution in [0.25, 0.3) is 0 Å².